The van der Waals surface area contributed by atoms with Gasteiger partial charge in [0.2, 0.25) is 0 Å². The molecule has 0 aliphatic heterocycles. The third-order valence-corrected chi connectivity index (χ3v) is 8.48. The second-order valence-electron chi connectivity index (χ2n) is 9.22. The minimum atomic E-state index is -4.05. The highest BCUT2D eigenvalue weighted by atomic mass is 32.2. The highest BCUT2D eigenvalue weighted by molar-refractivity contribution is 7.92. The molecule has 40 heavy (non-hydrogen) atoms. The molecule has 0 saturated carbocycles. The molecule has 1 N–H and O–H groups in total. The number of aromatic nitrogens is 2. The Hall–Kier alpha value is -4.89. The molecule has 1 heterocycles. The van der Waals surface area contributed by atoms with E-state index in [1.54, 1.807) is 73.3 Å². The molecule has 4 aromatic carbocycles. The van der Waals surface area contributed by atoms with Gasteiger partial charge in [0.15, 0.2) is 0 Å². The third-order valence-electron chi connectivity index (χ3n) is 6.71. The van der Waals surface area contributed by atoms with Crippen LogP contribution in [0.3, 0.4) is 0 Å². The molecule has 0 aliphatic carbocycles. The van der Waals surface area contributed by atoms with Crippen LogP contribution in [0.25, 0.3) is 5.69 Å². The van der Waals surface area contributed by atoms with Gasteiger partial charge in [0.1, 0.15) is 5.69 Å². The molecule has 5 rings (SSSR count). The van der Waals surface area contributed by atoms with Crippen molar-refractivity contribution >= 4 is 27.3 Å². The van der Waals surface area contributed by atoms with Crippen molar-refractivity contribution in [1.29, 1.82) is 0 Å². The van der Waals surface area contributed by atoms with E-state index in [1.807, 2.05) is 48.5 Å². The molecule has 1 amide bonds. The summed E-state index contributed by atoms with van der Waals surface area (Å²) in [6.45, 7) is 1.75. The summed E-state index contributed by atoms with van der Waals surface area (Å²) in [5, 5.41) is 2.76. The largest absolute Gasteiger partial charge is 0.316 e. The van der Waals surface area contributed by atoms with Crippen molar-refractivity contribution in [3.8, 4) is 5.69 Å². The minimum Gasteiger partial charge on any atom is -0.316 e. The summed E-state index contributed by atoms with van der Waals surface area (Å²) in [5.74, 6) is -0.595. The van der Waals surface area contributed by atoms with Gasteiger partial charge in [-0.2, -0.15) is 0 Å². The van der Waals surface area contributed by atoms with Crippen LogP contribution in [-0.4, -0.2) is 23.7 Å². The average molecular weight is 553 g/mol. The van der Waals surface area contributed by atoms with E-state index in [0.717, 1.165) is 5.56 Å². The molecule has 202 valence electrons. The molecule has 0 radical (unpaired) electrons. The Morgan fingerprint density at radius 3 is 2.00 bits per heavy atom. The quantitative estimate of drug-likeness (QED) is 0.289. The lowest BCUT2D eigenvalue weighted by Gasteiger charge is -2.26. The molecule has 0 bridgehead atoms. The standard InChI is InChI=1S/C31H28N4O4S/c1-23-29(31(37)35(33(23)2)25-16-8-4-9-17-25)32-30(36)27-20-12-13-21-28(27)34(22-24-14-6-3-7-15-24)40(38,39)26-18-10-5-11-19-26/h3-21H,22H2,1-2H3,(H,32,36). The lowest BCUT2D eigenvalue weighted by molar-refractivity contribution is 0.102. The van der Waals surface area contributed by atoms with Crippen LogP contribution in [0.4, 0.5) is 11.4 Å². The normalized spacial score (nSPS) is 11.2. The topological polar surface area (TPSA) is 93.4 Å². The van der Waals surface area contributed by atoms with Crippen LogP contribution in [0, 0.1) is 6.92 Å². The number of para-hydroxylation sites is 2. The summed E-state index contributed by atoms with van der Waals surface area (Å²) >= 11 is 0. The fraction of sp³-hybridized carbons (Fsp3) is 0.0968. The van der Waals surface area contributed by atoms with Crippen molar-refractivity contribution in [2.75, 3.05) is 9.62 Å². The number of carbonyl (C=O) groups is 1. The van der Waals surface area contributed by atoms with E-state index in [4.69, 9.17) is 0 Å². The van der Waals surface area contributed by atoms with E-state index < -0.39 is 21.5 Å². The Morgan fingerprint density at radius 2 is 1.35 bits per heavy atom. The zero-order valence-electron chi connectivity index (χ0n) is 22.1. The molecular formula is C31H28N4O4S. The smallest absolute Gasteiger partial charge is 0.295 e. The summed E-state index contributed by atoms with van der Waals surface area (Å²) in [6.07, 6.45) is 0. The third kappa shape index (κ3) is 5.06. The summed E-state index contributed by atoms with van der Waals surface area (Å²) < 4.78 is 32.2. The highest BCUT2D eigenvalue weighted by Crippen LogP contribution is 2.30. The van der Waals surface area contributed by atoms with E-state index in [2.05, 4.69) is 5.32 Å². The van der Waals surface area contributed by atoms with Crippen LogP contribution in [0.2, 0.25) is 0 Å². The monoisotopic (exact) mass is 552 g/mol. The maximum absolute atomic E-state index is 13.9. The van der Waals surface area contributed by atoms with Gasteiger partial charge >= 0.3 is 0 Å². The number of nitrogens with one attached hydrogen (secondary N) is 1. The Bertz CT molecular complexity index is 1810. The van der Waals surface area contributed by atoms with Crippen molar-refractivity contribution in [1.82, 2.24) is 9.36 Å². The van der Waals surface area contributed by atoms with Crippen molar-refractivity contribution in [3.05, 3.63) is 142 Å². The van der Waals surface area contributed by atoms with E-state index in [0.29, 0.717) is 11.4 Å². The van der Waals surface area contributed by atoms with Gasteiger partial charge in [-0.3, -0.25) is 18.6 Å². The molecule has 0 aliphatic rings. The first-order valence-electron chi connectivity index (χ1n) is 12.6. The van der Waals surface area contributed by atoms with Crippen LogP contribution in [0.1, 0.15) is 21.6 Å². The first-order chi connectivity index (χ1) is 19.3. The van der Waals surface area contributed by atoms with Crippen molar-refractivity contribution in [2.45, 2.75) is 18.4 Å². The molecule has 5 aromatic rings. The van der Waals surface area contributed by atoms with Crippen LogP contribution in [0.5, 0.6) is 0 Å². The van der Waals surface area contributed by atoms with Crippen LogP contribution < -0.4 is 15.2 Å². The number of nitrogens with zero attached hydrogens (tertiary/aromatic N) is 3. The Balaban J connectivity index is 1.58. The molecule has 8 nitrogen and oxygen atoms in total. The number of sulfonamides is 1. The van der Waals surface area contributed by atoms with Gasteiger partial charge in [-0.15, -0.1) is 0 Å². The number of carbonyl (C=O) groups excluding carboxylic acids is 1. The van der Waals surface area contributed by atoms with Crippen LogP contribution in [-0.2, 0) is 23.6 Å². The number of benzene rings is 4. The van der Waals surface area contributed by atoms with Gasteiger partial charge in [0.05, 0.1) is 34.1 Å². The fourth-order valence-corrected chi connectivity index (χ4v) is 6.04. The molecule has 0 saturated heterocycles. The summed E-state index contributed by atoms with van der Waals surface area (Å²) in [4.78, 5) is 27.2. The zero-order chi connectivity index (χ0) is 28.3. The molecule has 0 atom stereocenters. The summed E-state index contributed by atoms with van der Waals surface area (Å²) in [7, 11) is -2.32. The highest BCUT2D eigenvalue weighted by Gasteiger charge is 2.29. The summed E-state index contributed by atoms with van der Waals surface area (Å²) in [5.41, 5.74) is 2.00. The van der Waals surface area contributed by atoms with E-state index in [1.165, 1.54) is 21.1 Å². The Labute approximate surface area is 232 Å². The number of hydrogen-bond donors (Lipinski definition) is 1. The van der Waals surface area contributed by atoms with Gasteiger partial charge in [0, 0.05) is 7.05 Å². The lowest BCUT2D eigenvalue weighted by atomic mass is 10.1. The van der Waals surface area contributed by atoms with Gasteiger partial charge in [0.25, 0.3) is 21.5 Å². The predicted octanol–water partition coefficient (Wildman–Crippen LogP) is 5.13. The van der Waals surface area contributed by atoms with Crippen molar-refractivity contribution in [2.24, 2.45) is 7.05 Å². The zero-order valence-corrected chi connectivity index (χ0v) is 22.9. The number of hydrogen-bond acceptors (Lipinski definition) is 4. The number of rotatable bonds is 8. The first kappa shape index (κ1) is 26.7. The van der Waals surface area contributed by atoms with Crippen molar-refractivity contribution < 1.29 is 13.2 Å². The molecule has 0 unspecified atom stereocenters. The molecule has 0 fully saturated rings. The first-order valence-corrected chi connectivity index (χ1v) is 14.1. The Kier molecular flexibility index (Phi) is 7.39. The predicted molar refractivity (Wildman–Crippen MR) is 156 cm³/mol. The molecule has 9 heteroatoms. The second kappa shape index (κ2) is 11.1. The minimum absolute atomic E-state index is 0.00748. The van der Waals surface area contributed by atoms with Gasteiger partial charge in [-0.25, -0.2) is 13.1 Å². The number of anilines is 2. The maximum Gasteiger partial charge on any atom is 0.295 e. The van der Waals surface area contributed by atoms with E-state index >= 15 is 0 Å². The van der Waals surface area contributed by atoms with Crippen molar-refractivity contribution in [3.63, 3.8) is 0 Å². The Morgan fingerprint density at radius 1 is 0.800 bits per heavy atom. The lowest BCUT2D eigenvalue weighted by Crippen LogP contribution is -2.32. The fourth-order valence-electron chi connectivity index (χ4n) is 4.54. The van der Waals surface area contributed by atoms with Gasteiger partial charge in [-0.1, -0.05) is 78.9 Å². The number of amides is 1. The maximum atomic E-state index is 13.9. The van der Waals surface area contributed by atoms with Crippen LogP contribution >= 0.6 is 0 Å². The second-order valence-corrected chi connectivity index (χ2v) is 11.1. The molecule has 0 spiro atoms. The summed E-state index contributed by atoms with van der Waals surface area (Å²) in [6, 6.07) is 32.9. The van der Waals surface area contributed by atoms with Crippen LogP contribution in [0.15, 0.2) is 125 Å². The van der Waals surface area contributed by atoms with Gasteiger partial charge < -0.3 is 5.32 Å². The molecule has 1 aromatic heterocycles. The average Bonchev–Trinajstić information content (AvgIpc) is 3.20. The van der Waals surface area contributed by atoms with E-state index in [-0.39, 0.29) is 28.4 Å². The SMILES string of the molecule is Cc1c(NC(=O)c2ccccc2N(Cc2ccccc2)S(=O)(=O)c2ccccc2)c(=O)n(-c2ccccc2)n1C. The molecular weight excluding hydrogens is 524 g/mol. The van der Waals surface area contributed by atoms with Gasteiger partial charge in [-0.05, 0) is 48.9 Å². The van der Waals surface area contributed by atoms with E-state index in [9.17, 15) is 18.0 Å².